The van der Waals surface area contributed by atoms with Crippen molar-refractivity contribution in [1.82, 2.24) is 9.97 Å². The summed E-state index contributed by atoms with van der Waals surface area (Å²) in [6.45, 7) is 0. The molecule has 1 aromatic heterocycles. The predicted molar refractivity (Wildman–Crippen MR) is 65.5 cm³/mol. The largest absolute Gasteiger partial charge is 0.397 e. The van der Waals surface area contributed by atoms with E-state index < -0.39 is 5.91 Å². The first-order chi connectivity index (χ1) is 8.18. The van der Waals surface area contributed by atoms with Crippen molar-refractivity contribution in [2.45, 2.75) is 10.1 Å². The zero-order valence-corrected chi connectivity index (χ0v) is 9.65. The number of para-hydroxylation sites is 1. The molecule has 0 aliphatic heterocycles. The van der Waals surface area contributed by atoms with E-state index in [1.54, 1.807) is 36.7 Å². The van der Waals surface area contributed by atoms with Gasteiger partial charge in [0.05, 0.1) is 11.3 Å². The normalized spacial score (nSPS) is 10.1. The quantitative estimate of drug-likeness (QED) is 0.629. The van der Waals surface area contributed by atoms with Crippen LogP contribution in [-0.4, -0.2) is 15.9 Å². The summed E-state index contributed by atoms with van der Waals surface area (Å²) >= 11 is 1.29. The molecule has 0 bridgehead atoms. The Morgan fingerprint density at radius 2 is 1.88 bits per heavy atom. The van der Waals surface area contributed by atoms with Gasteiger partial charge < -0.3 is 11.5 Å². The lowest BCUT2D eigenvalue weighted by molar-refractivity contribution is 0.100. The number of benzene rings is 1. The lowest BCUT2D eigenvalue weighted by atomic mass is 10.2. The van der Waals surface area contributed by atoms with Crippen LogP contribution in [0.2, 0.25) is 0 Å². The summed E-state index contributed by atoms with van der Waals surface area (Å²) in [4.78, 5) is 20.0. The topological polar surface area (TPSA) is 94.9 Å². The molecule has 1 aromatic carbocycles. The highest BCUT2D eigenvalue weighted by Crippen LogP contribution is 2.31. The molecular weight excluding hydrogens is 236 g/mol. The fourth-order valence-electron chi connectivity index (χ4n) is 1.28. The third kappa shape index (κ3) is 2.54. The minimum absolute atomic E-state index is 0.311. The number of amides is 1. The number of hydrogen-bond acceptors (Lipinski definition) is 5. The number of primary amides is 1. The van der Waals surface area contributed by atoms with Crippen LogP contribution in [0.4, 0.5) is 5.69 Å². The molecule has 1 heterocycles. The molecule has 0 atom stereocenters. The van der Waals surface area contributed by atoms with Gasteiger partial charge >= 0.3 is 0 Å². The highest BCUT2D eigenvalue weighted by atomic mass is 32.2. The molecule has 0 saturated heterocycles. The molecule has 2 rings (SSSR count). The number of nitrogens with two attached hydrogens (primary N) is 2. The van der Waals surface area contributed by atoms with Gasteiger partial charge in [0.15, 0.2) is 5.16 Å². The number of aromatic nitrogens is 2. The van der Waals surface area contributed by atoms with Gasteiger partial charge in [-0.2, -0.15) is 0 Å². The standard InChI is InChI=1S/C11H10N4OS/c12-9-7(10(13)16)3-1-4-8(9)17-11-14-5-2-6-15-11/h1-6H,12H2,(H2,13,16). The minimum atomic E-state index is -0.543. The molecule has 5 nitrogen and oxygen atoms in total. The summed E-state index contributed by atoms with van der Waals surface area (Å²) in [6, 6.07) is 6.84. The molecular formula is C11H10N4OS. The molecule has 1 amide bonds. The smallest absolute Gasteiger partial charge is 0.250 e. The Labute approximate surface area is 102 Å². The molecule has 0 saturated carbocycles. The van der Waals surface area contributed by atoms with E-state index in [-0.39, 0.29) is 0 Å². The van der Waals surface area contributed by atoms with Gasteiger partial charge in [-0.25, -0.2) is 9.97 Å². The van der Waals surface area contributed by atoms with Gasteiger partial charge in [-0.1, -0.05) is 6.07 Å². The number of nitrogens with zero attached hydrogens (tertiary/aromatic N) is 2. The zero-order chi connectivity index (χ0) is 12.3. The molecule has 0 unspecified atom stereocenters. The molecule has 0 aliphatic rings. The van der Waals surface area contributed by atoms with Crippen molar-refractivity contribution in [3.63, 3.8) is 0 Å². The fraction of sp³-hybridized carbons (Fsp3) is 0. The average Bonchev–Trinajstić information content (AvgIpc) is 2.33. The summed E-state index contributed by atoms with van der Waals surface area (Å²) in [5.74, 6) is -0.543. The van der Waals surface area contributed by atoms with Crippen molar-refractivity contribution in [1.29, 1.82) is 0 Å². The van der Waals surface area contributed by atoms with E-state index in [1.165, 1.54) is 11.8 Å². The van der Waals surface area contributed by atoms with Crippen LogP contribution in [0.5, 0.6) is 0 Å². The van der Waals surface area contributed by atoms with Crippen LogP contribution in [0.15, 0.2) is 46.7 Å². The van der Waals surface area contributed by atoms with E-state index in [4.69, 9.17) is 11.5 Å². The van der Waals surface area contributed by atoms with Crippen molar-refractivity contribution >= 4 is 23.4 Å². The first kappa shape index (κ1) is 11.4. The van der Waals surface area contributed by atoms with Crippen LogP contribution in [-0.2, 0) is 0 Å². The number of nitrogen functional groups attached to an aromatic ring is 1. The highest BCUT2D eigenvalue weighted by molar-refractivity contribution is 7.99. The summed E-state index contributed by atoms with van der Waals surface area (Å²) < 4.78 is 0. The van der Waals surface area contributed by atoms with Gasteiger partial charge in [0.1, 0.15) is 0 Å². The van der Waals surface area contributed by atoms with E-state index in [0.29, 0.717) is 21.3 Å². The van der Waals surface area contributed by atoms with E-state index >= 15 is 0 Å². The third-order valence-corrected chi connectivity index (χ3v) is 3.04. The third-order valence-electron chi connectivity index (χ3n) is 2.07. The van der Waals surface area contributed by atoms with Crippen LogP contribution in [0, 0.1) is 0 Å². The van der Waals surface area contributed by atoms with Gasteiger partial charge in [0.25, 0.3) is 5.91 Å². The lowest BCUT2D eigenvalue weighted by Crippen LogP contribution is -2.13. The summed E-state index contributed by atoms with van der Waals surface area (Å²) in [7, 11) is 0. The molecule has 17 heavy (non-hydrogen) atoms. The number of anilines is 1. The number of hydrogen-bond donors (Lipinski definition) is 2. The predicted octanol–water partition coefficient (Wildman–Crippen LogP) is 1.31. The Morgan fingerprint density at radius 3 is 2.53 bits per heavy atom. The summed E-state index contributed by atoms with van der Waals surface area (Å²) in [5.41, 5.74) is 11.7. The molecule has 86 valence electrons. The molecule has 4 N–H and O–H groups in total. The minimum Gasteiger partial charge on any atom is -0.397 e. The molecule has 0 spiro atoms. The second-order valence-electron chi connectivity index (χ2n) is 3.22. The maximum Gasteiger partial charge on any atom is 0.250 e. The van der Waals surface area contributed by atoms with Crippen molar-refractivity contribution < 1.29 is 4.79 Å². The van der Waals surface area contributed by atoms with E-state index in [1.807, 2.05) is 0 Å². The Bertz CT molecular complexity index is 544. The number of carbonyl (C=O) groups is 1. The first-order valence-corrected chi connectivity index (χ1v) is 5.63. The van der Waals surface area contributed by atoms with Gasteiger partial charge in [-0.15, -0.1) is 0 Å². The van der Waals surface area contributed by atoms with Crippen LogP contribution in [0.3, 0.4) is 0 Å². The lowest BCUT2D eigenvalue weighted by Gasteiger charge is -2.07. The molecule has 0 radical (unpaired) electrons. The average molecular weight is 246 g/mol. The van der Waals surface area contributed by atoms with Crippen LogP contribution in [0.25, 0.3) is 0 Å². The second kappa shape index (κ2) is 4.84. The van der Waals surface area contributed by atoms with Crippen molar-refractivity contribution in [2.75, 3.05) is 5.73 Å². The summed E-state index contributed by atoms with van der Waals surface area (Å²) in [6.07, 6.45) is 3.28. The second-order valence-corrected chi connectivity index (χ2v) is 4.22. The number of carbonyl (C=O) groups excluding carboxylic acids is 1. The number of rotatable bonds is 3. The Hall–Kier alpha value is -2.08. The maximum absolute atomic E-state index is 11.1. The fourth-order valence-corrected chi connectivity index (χ4v) is 2.07. The van der Waals surface area contributed by atoms with Crippen molar-refractivity contribution in [3.8, 4) is 0 Å². The molecule has 0 aliphatic carbocycles. The van der Waals surface area contributed by atoms with Gasteiger partial charge in [0, 0.05) is 17.3 Å². The van der Waals surface area contributed by atoms with E-state index in [9.17, 15) is 4.79 Å². The van der Waals surface area contributed by atoms with Crippen molar-refractivity contribution in [3.05, 3.63) is 42.2 Å². The van der Waals surface area contributed by atoms with Crippen LogP contribution >= 0.6 is 11.8 Å². The molecule has 2 aromatic rings. The SMILES string of the molecule is NC(=O)c1cccc(Sc2ncccn2)c1N. The molecule has 6 heteroatoms. The Morgan fingerprint density at radius 1 is 1.18 bits per heavy atom. The van der Waals surface area contributed by atoms with Crippen LogP contribution in [0.1, 0.15) is 10.4 Å². The first-order valence-electron chi connectivity index (χ1n) is 4.81. The Kier molecular flexibility index (Phi) is 3.24. The molecule has 0 fully saturated rings. The maximum atomic E-state index is 11.1. The zero-order valence-electron chi connectivity index (χ0n) is 8.83. The summed E-state index contributed by atoms with van der Waals surface area (Å²) in [5, 5.41) is 0.570. The highest BCUT2D eigenvalue weighted by Gasteiger charge is 2.11. The van der Waals surface area contributed by atoms with Gasteiger partial charge in [-0.3, -0.25) is 4.79 Å². The van der Waals surface area contributed by atoms with E-state index in [0.717, 1.165) is 0 Å². The van der Waals surface area contributed by atoms with Crippen molar-refractivity contribution in [2.24, 2.45) is 5.73 Å². The van der Waals surface area contributed by atoms with Crippen LogP contribution < -0.4 is 11.5 Å². The van der Waals surface area contributed by atoms with Gasteiger partial charge in [-0.05, 0) is 30.0 Å². The van der Waals surface area contributed by atoms with Gasteiger partial charge in [0.2, 0.25) is 0 Å². The Balaban J connectivity index is 2.34. The van der Waals surface area contributed by atoms with E-state index in [2.05, 4.69) is 9.97 Å². The monoisotopic (exact) mass is 246 g/mol.